The van der Waals surface area contributed by atoms with Crippen molar-refractivity contribution in [1.82, 2.24) is 10.2 Å². The summed E-state index contributed by atoms with van der Waals surface area (Å²) in [5.41, 5.74) is -0.301. The normalized spacial score (nSPS) is 30.7. The van der Waals surface area contributed by atoms with E-state index >= 15 is 0 Å². The van der Waals surface area contributed by atoms with E-state index in [4.69, 9.17) is 0 Å². The zero-order valence-corrected chi connectivity index (χ0v) is 13.5. The van der Waals surface area contributed by atoms with Gasteiger partial charge < -0.3 is 4.90 Å². The van der Waals surface area contributed by atoms with Crippen LogP contribution >= 0.6 is 0 Å². The maximum absolute atomic E-state index is 9.35. The smallest absolute Gasteiger partial charge is 0.104 e. The van der Waals surface area contributed by atoms with Crippen LogP contribution in [0, 0.1) is 23.2 Å². The molecule has 1 aliphatic carbocycles. The van der Waals surface area contributed by atoms with Crippen LogP contribution in [0.1, 0.15) is 59.3 Å². The number of hydrogen-bond donors (Lipinski definition) is 1. The van der Waals surface area contributed by atoms with Gasteiger partial charge in [-0.1, -0.05) is 13.8 Å². The van der Waals surface area contributed by atoms with Crippen molar-refractivity contribution in [2.24, 2.45) is 11.8 Å². The Bertz CT molecular complexity index is 345. The molecule has 0 aromatic rings. The van der Waals surface area contributed by atoms with Gasteiger partial charge in [0, 0.05) is 12.6 Å². The second kappa shape index (κ2) is 6.91. The van der Waals surface area contributed by atoms with Gasteiger partial charge in [0.05, 0.1) is 6.07 Å². The number of rotatable bonds is 7. The molecule has 1 saturated carbocycles. The van der Waals surface area contributed by atoms with Gasteiger partial charge in [0.15, 0.2) is 0 Å². The third-order valence-electron chi connectivity index (χ3n) is 5.17. The van der Waals surface area contributed by atoms with Gasteiger partial charge in [0.1, 0.15) is 5.54 Å². The summed E-state index contributed by atoms with van der Waals surface area (Å²) in [6.07, 6.45) is 7.22. The van der Waals surface area contributed by atoms with Crippen LogP contribution in [0.15, 0.2) is 0 Å². The molecule has 3 nitrogen and oxygen atoms in total. The van der Waals surface area contributed by atoms with Gasteiger partial charge in [0.25, 0.3) is 0 Å². The van der Waals surface area contributed by atoms with Crippen LogP contribution < -0.4 is 5.32 Å². The Balaban J connectivity index is 1.62. The molecule has 0 bridgehead atoms. The monoisotopic (exact) mass is 277 g/mol. The summed E-state index contributed by atoms with van der Waals surface area (Å²) in [4.78, 5) is 2.61. The molecule has 2 rings (SSSR count). The first-order chi connectivity index (χ1) is 9.52. The molecule has 20 heavy (non-hydrogen) atoms. The molecule has 1 N–H and O–H groups in total. The number of likely N-dealkylation sites (tertiary alicyclic amines) is 1. The summed E-state index contributed by atoms with van der Waals surface area (Å²) in [6.45, 7) is 10.6. The van der Waals surface area contributed by atoms with Gasteiger partial charge in [-0.3, -0.25) is 5.32 Å². The van der Waals surface area contributed by atoms with Crippen molar-refractivity contribution in [2.75, 3.05) is 19.6 Å². The minimum Gasteiger partial charge on any atom is -0.303 e. The number of unbranched alkanes of at least 4 members (excludes halogenated alkanes) is 1. The lowest BCUT2D eigenvalue weighted by Crippen LogP contribution is -2.42. The number of nitrogens with zero attached hydrogens (tertiary/aromatic N) is 2. The lowest BCUT2D eigenvalue weighted by molar-refractivity contribution is 0.136. The Kier molecular flexibility index (Phi) is 5.46. The van der Waals surface area contributed by atoms with Crippen LogP contribution in [0.3, 0.4) is 0 Å². The number of hydrogen-bond acceptors (Lipinski definition) is 3. The molecule has 0 aromatic heterocycles. The summed E-state index contributed by atoms with van der Waals surface area (Å²) in [5, 5.41) is 12.8. The number of nitrogens with one attached hydrogen (secondary N) is 1. The summed E-state index contributed by atoms with van der Waals surface area (Å²) >= 11 is 0. The third-order valence-corrected chi connectivity index (χ3v) is 5.17. The Labute approximate surface area is 124 Å². The predicted molar refractivity (Wildman–Crippen MR) is 83.4 cm³/mol. The van der Waals surface area contributed by atoms with Gasteiger partial charge in [0.2, 0.25) is 0 Å². The Hall–Kier alpha value is -0.590. The minimum atomic E-state index is -0.301. The zero-order chi connectivity index (χ0) is 14.6. The second-order valence-electron chi connectivity index (χ2n) is 7.36. The van der Waals surface area contributed by atoms with Crippen LogP contribution in [0.25, 0.3) is 0 Å². The van der Waals surface area contributed by atoms with Crippen molar-refractivity contribution in [1.29, 1.82) is 5.26 Å². The molecule has 2 fully saturated rings. The number of nitriles is 1. The minimum absolute atomic E-state index is 0.301. The van der Waals surface area contributed by atoms with Gasteiger partial charge in [-0.15, -0.1) is 0 Å². The average molecular weight is 277 g/mol. The van der Waals surface area contributed by atoms with E-state index in [9.17, 15) is 5.26 Å². The standard InChI is InChI=1S/C17H31N3/c1-14-8-11-20(12-15(14)2)10-5-4-9-17(3,13-18)19-16-6-7-16/h14-16,19H,4-12H2,1-3H3. The van der Waals surface area contributed by atoms with Crippen LogP contribution in [0.4, 0.5) is 0 Å². The third kappa shape index (κ3) is 4.75. The molecule has 3 unspecified atom stereocenters. The summed E-state index contributed by atoms with van der Waals surface area (Å²) in [7, 11) is 0. The van der Waals surface area contributed by atoms with Crippen molar-refractivity contribution in [3.8, 4) is 6.07 Å². The van der Waals surface area contributed by atoms with Crippen molar-refractivity contribution in [3.63, 3.8) is 0 Å². The summed E-state index contributed by atoms with van der Waals surface area (Å²) in [6, 6.07) is 3.09. The Morgan fingerprint density at radius 3 is 2.55 bits per heavy atom. The van der Waals surface area contributed by atoms with Crippen molar-refractivity contribution < 1.29 is 0 Å². The van der Waals surface area contributed by atoms with E-state index in [0.29, 0.717) is 6.04 Å². The van der Waals surface area contributed by atoms with Crippen LogP contribution in [0.5, 0.6) is 0 Å². The molecular formula is C17H31N3. The first kappa shape index (κ1) is 15.8. The van der Waals surface area contributed by atoms with Crippen LogP contribution in [0.2, 0.25) is 0 Å². The van der Waals surface area contributed by atoms with Gasteiger partial charge in [-0.05, 0) is 70.4 Å². The second-order valence-corrected chi connectivity index (χ2v) is 7.36. The molecule has 0 amide bonds. The molecule has 1 heterocycles. The van der Waals surface area contributed by atoms with Crippen molar-refractivity contribution >= 4 is 0 Å². The highest BCUT2D eigenvalue weighted by Crippen LogP contribution is 2.25. The quantitative estimate of drug-likeness (QED) is 0.727. The fourth-order valence-electron chi connectivity index (χ4n) is 3.20. The maximum Gasteiger partial charge on any atom is 0.104 e. The average Bonchev–Trinajstić information content (AvgIpc) is 3.22. The van der Waals surface area contributed by atoms with Crippen molar-refractivity contribution in [3.05, 3.63) is 0 Å². The summed E-state index contributed by atoms with van der Waals surface area (Å²) < 4.78 is 0. The first-order valence-electron chi connectivity index (χ1n) is 8.44. The first-order valence-corrected chi connectivity index (χ1v) is 8.44. The van der Waals surface area contributed by atoms with Crippen LogP contribution in [-0.2, 0) is 0 Å². The lowest BCUT2D eigenvalue weighted by atomic mass is 9.88. The molecule has 3 atom stereocenters. The van der Waals surface area contributed by atoms with E-state index in [1.807, 2.05) is 0 Å². The Morgan fingerprint density at radius 2 is 1.95 bits per heavy atom. The molecule has 0 aromatic carbocycles. The fraction of sp³-hybridized carbons (Fsp3) is 0.941. The van der Waals surface area contributed by atoms with Gasteiger partial charge >= 0.3 is 0 Å². The molecule has 1 aliphatic heterocycles. The summed E-state index contributed by atoms with van der Waals surface area (Å²) in [5.74, 6) is 1.72. The van der Waals surface area contributed by atoms with Gasteiger partial charge in [-0.25, -0.2) is 0 Å². The van der Waals surface area contributed by atoms with E-state index in [1.54, 1.807) is 0 Å². The van der Waals surface area contributed by atoms with Crippen molar-refractivity contribution in [2.45, 2.75) is 70.9 Å². The zero-order valence-electron chi connectivity index (χ0n) is 13.5. The molecule has 0 spiro atoms. The number of piperidine rings is 1. The largest absolute Gasteiger partial charge is 0.303 e. The van der Waals surface area contributed by atoms with Crippen LogP contribution in [-0.4, -0.2) is 36.1 Å². The highest BCUT2D eigenvalue weighted by molar-refractivity contribution is 5.06. The topological polar surface area (TPSA) is 39.1 Å². The Morgan fingerprint density at radius 1 is 1.20 bits per heavy atom. The fourth-order valence-corrected chi connectivity index (χ4v) is 3.20. The molecular weight excluding hydrogens is 246 g/mol. The van der Waals surface area contributed by atoms with E-state index in [-0.39, 0.29) is 5.54 Å². The molecule has 0 radical (unpaired) electrons. The lowest BCUT2D eigenvalue weighted by Gasteiger charge is -2.35. The van der Waals surface area contributed by atoms with Gasteiger partial charge in [-0.2, -0.15) is 5.26 Å². The predicted octanol–water partition coefficient (Wildman–Crippen LogP) is 3.17. The van der Waals surface area contributed by atoms with E-state index in [0.717, 1.165) is 24.7 Å². The molecule has 1 saturated heterocycles. The molecule has 114 valence electrons. The highest BCUT2D eigenvalue weighted by atomic mass is 15.1. The van der Waals surface area contributed by atoms with E-state index in [2.05, 4.69) is 37.1 Å². The molecule has 2 aliphatic rings. The SMILES string of the molecule is CC1CCN(CCCCC(C)(C#N)NC2CC2)CC1C. The molecule has 3 heteroatoms. The highest BCUT2D eigenvalue weighted by Gasteiger charge is 2.32. The maximum atomic E-state index is 9.35. The van der Waals surface area contributed by atoms with E-state index in [1.165, 1.54) is 45.3 Å². The van der Waals surface area contributed by atoms with E-state index < -0.39 is 0 Å².